The van der Waals surface area contributed by atoms with Crippen LogP contribution in [0.15, 0.2) is 30.3 Å². The molecule has 0 saturated carbocycles. The minimum Gasteiger partial charge on any atom is -0.364 e. The van der Waals surface area contributed by atoms with Gasteiger partial charge < -0.3 is 4.84 Å². The molecule has 17 heavy (non-hydrogen) atoms. The summed E-state index contributed by atoms with van der Waals surface area (Å²) in [7, 11) is -3.53. The fourth-order valence-electron chi connectivity index (χ4n) is 1.43. The van der Waals surface area contributed by atoms with Crippen molar-refractivity contribution >= 4 is 16.0 Å². The lowest BCUT2D eigenvalue weighted by Crippen LogP contribution is -2.56. The zero-order valence-corrected chi connectivity index (χ0v) is 9.76. The lowest BCUT2D eigenvalue weighted by Gasteiger charge is -2.35. The Hall–Kier alpha value is -1.44. The van der Waals surface area contributed by atoms with Crippen molar-refractivity contribution in [3.63, 3.8) is 0 Å². The minimum atomic E-state index is -3.53. The smallest absolute Gasteiger partial charge is 0.357 e. The number of carbonyl (C=O) groups is 1. The standard InChI is InChI=1S/C10H12N2O4S/c11-17(14,15)9-6-12(7-9)16-10(13)8-4-2-1-3-5-8/h1-5,9H,6-7H2,(H2,11,14,15). The predicted octanol–water partition coefficient (Wildman–Crippen LogP) is -0.269. The Morgan fingerprint density at radius 1 is 1.29 bits per heavy atom. The number of sulfonamides is 1. The summed E-state index contributed by atoms with van der Waals surface area (Å²) in [6, 6.07) is 8.48. The first-order valence-corrected chi connectivity index (χ1v) is 6.61. The maximum atomic E-state index is 11.6. The van der Waals surface area contributed by atoms with Crippen LogP contribution in [0.4, 0.5) is 0 Å². The highest BCUT2D eigenvalue weighted by Crippen LogP contribution is 2.15. The minimum absolute atomic E-state index is 0.122. The van der Waals surface area contributed by atoms with Crippen molar-refractivity contribution in [2.45, 2.75) is 5.25 Å². The molecule has 1 heterocycles. The molecule has 1 saturated heterocycles. The van der Waals surface area contributed by atoms with Crippen LogP contribution in [-0.4, -0.2) is 37.8 Å². The molecule has 0 atom stereocenters. The fraction of sp³-hybridized carbons (Fsp3) is 0.300. The third kappa shape index (κ3) is 2.82. The van der Waals surface area contributed by atoms with Crippen LogP contribution in [0.1, 0.15) is 10.4 Å². The number of hydrogen-bond acceptors (Lipinski definition) is 5. The molecule has 0 amide bonds. The van der Waals surface area contributed by atoms with Crippen molar-refractivity contribution in [3.05, 3.63) is 35.9 Å². The normalized spacial score (nSPS) is 17.5. The predicted molar refractivity (Wildman–Crippen MR) is 60.3 cm³/mol. The molecular formula is C10H12N2O4S. The number of primary sulfonamides is 1. The molecule has 1 aromatic carbocycles. The molecule has 1 fully saturated rings. The van der Waals surface area contributed by atoms with Crippen molar-refractivity contribution in [2.24, 2.45) is 5.14 Å². The van der Waals surface area contributed by atoms with Gasteiger partial charge in [-0.25, -0.2) is 18.4 Å². The maximum Gasteiger partial charge on any atom is 0.357 e. The molecule has 0 unspecified atom stereocenters. The number of carbonyl (C=O) groups excluding carboxylic acids is 1. The van der Waals surface area contributed by atoms with Crippen molar-refractivity contribution in [2.75, 3.05) is 13.1 Å². The monoisotopic (exact) mass is 256 g/mol. The van der Waals surface area contributed by atoms with E-state index in [-0.39, 0.29) is 13.1 Å². The molecule has 1 aromatic rings. The second kappa shape index (κ2) is 4.44. The van der Waals surface area contributed by atoms with Gasteiger partial charge in [-0.1, -0.05) is 18.2 Å². The van der Waals surface area contributed by atoms with Gasteiger partial charge in [0.15, 0.2) is 0 Å². The van der Waals surface area contributed by atoms with Crippen LogP contribution in [0.2, 0.25) is 0 Å². The van der Waals surface area contributed by atoms with Crippen molar-refractivity contribution in [3.8, 4) is 0 Å². The summed E-state index contributed by atoms with van der Waals surface area (Å²) in [5.74, 6) is -0.501. The van der Waals surface area contributed by atoms with Crippen LogP contribution in [0, 0.1) is 0 Å². The lowest BCUT2D eigenvalue weighted by molar-refractivity contribution is -0.145. The van der Waals surface area contributed by atoms with Gasteiger partial charge in [0.1, 0.15) is 5.25 Å². The topological polar surface area (TPSA) is 89.7 Å². The molecule has 0 radical (unpaired) electrons. The van der Waals surface area contributed by atoms with Crippen LogP contribution in [0.25, 0.3) is 0 Å². The van der Waals surface area contributed by atoms with E-state index in [2.05, 4.69) is 0 Å². The molecule has 1 aliphatic rings. The van der Waals surface area contributed by atoms with Crippen LogP contribution >= 0.6 is 0 Å². The Morgan fingerprint density at radius 2 is 1.88 bits per heavy atom. The van der Waals surface area contributed by atoms with Crippen LogP contribution in [-0.2, 0) is 14.9 Å². The number of nitrogens with two attached hydrogens (primary N) is 1. The Morgan fingerprint density at radius 3 is 2.41 bits per heavy atom. The highest BCUT2D eigenvalue weighted by molar-refractivity contribution is 7.89. The Kier molecular flexibility index (Phi) is 3.14. The van der Waals surface area contributed by atoms with Gasteiger partial charge >= 0.3 is 5.97 Å². The highest BCUT2D eigenvalue weighted by Gasteiger charge is 2.37. The first kappa shape index (κ1) is 12.0. The van der Waals surface area contributed by atoms with E-state index < -0.39 is 21.2 Å². The second-order valence-electron chi connectivity index (χ2n) is 3.80. The number of hydroxylamine groups is 2. The molecule has 0 aliphatic carbocycles. The first-order chi connectivity index (χ1) is 7.97. The molecule has 0 aromatic heterocycles. The van der Waals surface area contributed by atoms with Crippen LogP contribution < -0.4 is 5.14 Å². The molecule has 1 aliphatic heterocycles. The van der Waals surface area contributed by atoms with Gasteiger partial charge in [-0.3, -0.25) is 0 Å². The van der Waals surface area contributed by atoms with Gasteiger partial charge in [0.2, 0.25) is 10.0 Å². The van der Waals surface area contributed by atoms with E-state index in [1.165, 1.54) is 5.06 Å². The Balaban J connectivity index is 1.87. The van der Waals surface area contributed by atoms with Gasteiger partial charge in [-0.05, 0) is 12.1 Å². The third-order valence-corrected chi connectivity index (χ3v) is 3.73. The van der Waals surface area contributed by atoms with Gasteiger partial charge in [-0.15, -0.1) is 5.06 Å². The van der Waals surface area contributed by atoms with Crippen molar-refractivity contribution < 1.29 is 18.0 Å². The molecule has 92 valence electrons. The zero-order valence-electron chi connectivity index (χ0n) is 8.94. The number of rotatable bonds is 3. The molecule has 6 nitrogen and oxygen atoms in total. The summed E-state index contributed by atoms with van der Waals surface area (Å²) in [5, 5.41) is 5.58. The zero-order chi connectivity index (χ0) is 12.5. The summed E-state index contributed by atoms with van der Waals surface area (Å²) in [4.78, 5) is 16.5. The molecule has 2 N–H and O–H groups in total. The van der Waals surface area contributed by atoms with Gasteiger partial charge in [0.05, 0.1) is 18.7 Å². The van der Waals surface area contributed by atoms with E-state index in [1.807, 2.05) is 0 Å². The average molecular weight is 256 g/mol. The van der Waals surface area contributed by atoms with Gasteiger partial charge in [0.25, 0.3) is 0 Å². The average Bonchev–Trinajstić information content (AvgIpc) is 2.22. The van der Waals surface area contributed by atoms with Crippen molar-refractivity contribution in [1.82, 2.24) is 5.06 Å². The molecular weight excluding hydrogens is 244 g/mol. The fourth-order valence-corrected chi connectivity index (χ4v) is 2.18. The van der Waals surface area contributed by atoms with Crippen LogP contribution in [0.3, 0.4) is 0 Å². The second-order valence-corrected chi connectivity index (χ2v) is 5.65. The Labute approximate surface area is 99.0 Å². The number of hydrogen-bond donors (Lipinski definition) is 1. The van der Waals surface area contributed by atoms with Crippen molar-refractivity contribution in [1.29, 1.82) is 0 Å². The molecule has 0 spiro atoms. The van der Waals surface area contributed by atoms with E-state index in [9.17, 15) is 13.2 Å². The van der Waals surface area contributed by atoms with Gasteiger partial charge in [0, 0.05) is 0 Å². The van der Waals surface area contributed by atoms with E-state index in [0.29, 0.717) is 5.56 Å². The summed E-state index contributed by atoms with van der Waals surface area (Å²) in [6.45, 7) is 0.245. The number of benzene rings is 1. The molecule has 2 rings (SSSR count). The highest BCUT2D eigenvalue weighted by atomic mass is 32.2. The summed E-state index contributed by atoms with van der Waals surface area (Å²) < 4.78 is 21.9. The lowest BCUT2D eigenvalue weighted by atomic mass is 10.2. The summed E-state index contributed by atoms with van der Waals surface area (Å²) in [5.41, 5.74) is 0.423. The first-order valence-electron chi connectivity index (χ1n) is 5.01. The summed E-state index contributed by atoms with van der Waals surface area (Å²) in [6.07, 6.45) is 0. The quantitative estimate of drug-likeness (QED) is 0.804. The van der Waals surface area contributed by atoms with E-state index in [4.69, 9.17) is 9.98 Å². The summed E-state index contributed by atoms with van der Waals surface area (Å²) >= 11 is 0. The van der Waals surface area contributed by atoms with E-state index in [1.54, 1.807) is 30.3 Å². The van der Waals surface area contributed by atoms with E-state index in [0.717, 1.165) is 0 Å². The largest absolute Gasteiger partial charge is 0.364 e. The maximum absolute atomic E-state index is 11.6. The SMILES string of the molecule is NS(=O)(=O)C1CN(OC(=O)c2ccccc2)C1. The molecule has 0 bridgehead atoms. The third-order valence-electron chi connectivity index (χ3n) is 2.50. The van der Waals surface area contributed by atoms with E-state index >= 15 is 0 Å². The Bertz CT molecular complexity index is 508. The van der Waals surface area contributed by atoms with Gasteiger partial charge in [-0.2, -0.15) is 0 Å². The van der Waals surface area contributed by atoms with Crippen LogP contribution in [0.5, 0.6) is 0 Å². The number of nitrogens with zero attached hydrogens (tertiary/aromatic N) is 1. The molecule has 7 heteroatoms.